The van der Waals surface area contributed by atoms with E-state index in [9.17, 15) is 4.48 Å². The van der Waals surface area contributed by atoms with Gasteiger partial charge in [0.15, 0.2) is 0 Å². The van der Waals surface area contributed by atoms with Crippen LogP contribution in [-0.2, 0) is 0 Å². The lowest BCUT2D eigenvalue weighted by Crippen LogP contribution is -2.31. The first-order valence-corrected chi connectivity index (χ1v) is 5.35. The Hall–Kier alpha value is -0.830. The Morgan fingerprint density at radius 3 is 1.79 bits per heavy atom. The second-order valence-corrected chi connectivity index (χ2v) is 3.68. The summed E-state index contributed by atoms with van der Waals surface area (Å²) >= 11 is 0. The summed E-state index contributed by atoms with van der Waals surface area (Å²) in [5, 5.41) is 0.444. The Labute approximate surface area is 85.2 Å². The van der Waals surface area contributed by atoms with Gasteiger partial charge in [-0.15, -0.1) is 0 Å². The lowest BCUT2D eigenvalue weighted by molar-refractivity contribution is 0.0583. The fourth-order valence-electron chi connectivity index (χ4n) is 1.55. The van der Waals surface area contributed by atoms with Gasteiger partial charge in [-0.2, -0.15) is 5.12 Å². The van der Waals surface area contributed by atoms with Gasteiger partial charge >= 0.3 is 0 Å². The third-order valence-electron chi connectivity index (χ3n) is 2.43. The van der Waals surface area contributed by atoms with Crippen LogP contribution in [0.4, 0.5) is 4.48 Å². The van der Waals surface area contributed by atoms with Crippen molar-refractivity contribution < 1.29 is 4.48 Å². The number of nitrogens with zero attached hydrogens (tertiary/aromatic N) is 1. The maximum absolute atomic E-state index is 12.1. The van der Waals surface area contributed by atoms with Crippen molar-refractivity contribution >= 4 is 0 Å². The van der Waals surface area contributed by atoms with Crippen molar-refractivity contribution in [3.05, 3.63) is 24.4 Å². The molecule has 14 heavy (non-hydrogen) atoms. The highest BCUT2D eigenvalue weighted by Gasteiger charge is 2.05. The lowest BCUT2D eigenvalue weighted by atomic mass is 10.0. The van der Waals surface area contributed by atoms with Crippen molar-refractivity contribution in [3.63, 3.8) is 0 Å². The number of hydrogen-bond donors (Lipinski definition) is 1. The smallest absolute Gasteiger partial charge is 0.127 e. The molecular weight excluding hydrogens is 179 g/mol. The van der Waals surface area contributed by atoms with Crippen LogP contribution in [0, 0.1) is 0 Å². The Bertz CT molecular complexity index is 170. The molecule has 1 saturated carbocycles. The molecule has 0 aromatic rings. The third-order valence-corrected chi connectivity index (χ3v) is 2.43. The fourth-order valence-corrected chi connectivity index (χ4v) is 1.55. The van der Waals surface area contributed by atoms with Crippen LogP contribution in [0.2, 0.25) is 0 Å². The summed E-state index contributed by atoms with van der Waals surface area (Å²) < 4.78 is 12.1. The molecule has 0 radical (unpaired) electrons. The van der Waals surface area contributed by atoms with Gasteiger partial charge in [0.1, 0.15) is 6.17 Å². The molecule has 1 atom stereocenters. The first-order valence-electron chi connectivity index (χ1n) is 5.35. The molecule has 2 rings (SSSR count). The standard InChI is InChI=1S/C6H12.C5H7FN2/c1-2-4-6-5-3-1;6-8-4-2-1-3-5(8)7/h1-6H2;1-5H,7H2. The normalized spacial score (nSPS) is 25.6. The minimum atomic E-state index is -0.597. The Morgan fingerprint density at radius 1 is 1.00 bits per heavy atom. The quantitative estimate of drug-likeness (QED) is 0.606. The van der Waals surface area contributed by atoms with Gasteiger partial charge in [0.25, 0.3) is 0 Å². The summed E-state index contributed by atoms with van der Waals surface area (Å²) in [6, 6.07) is 0. The van der Waals surface area contributed by atoms with Gasteiger partial charge in [-0.3, -0.25) is 0 Å². The van der Waals surface area contributed by atoms with E-state index >= 15 is 0 Å². The van der Waals surface area contributed by atoms with E-state index in [0.29, 0.717) is 5.12 Å². The van der Waals surface area contributed by atoms with Crippen LogP contribution < -0.4 is 5.73 Å². The van der Waals surface area contributed by atoms with E-state index in [1.807, 2.05) is 0 Å². The minimum Gasteiger partial charge on any atom is -0.306 e. The molecule has 0 spiro atoms. The van der Waals surface area contributed by atoms with Crippen LogP contribution in [0.5, 0.6) is 0 Å². The number of allylic oxidation sites excluding steroid dienone is 2. The van der Waals surface area contributed by atoms with Crippen LogP contribution in [0.1, 0.15) is 38.5 Å². The average Bonchev–Trinajstić information content (AvgIpc) is 2.26. The first kappa shape index (κ1) is 11.2. The number of nitrogens with two attached hydrogens (primary N) is 1. The molecular formula is C11H19FN2. The molecule has 0 aromatic carbocycles. The van der Waals surface area contributed by atoms with Gasteiger partial charge < -0.3 is 5.73 Å². The Morgan fingerprint density at radius 2 is 1.50 bits per heavy atom. The molecule has 2 N–H and O–H groups in total. The van der Waals surface area contributed by atoms with Crippen molar-refractivity contribution in [1.82, 2.24) is 5.12 Å². The maximum Gasteiger partial charge on any atom is 0.127 e. The summed E-state index contributed by atoms with van der Waals surface area (Å²) in [4.78, 5) is 0. The van der Waals surface area contributed by atoms with Gasteiger partial charge in [0.2, 0.25) is 0 Å². The zero-order chi connectivity index (χ0) is 10.2. The molecule has 0 bridgehead atoms. The molecule has 2 nitrogen and oxygen atoms in total. The number of hydrogen-bond acceptors (Lipinski definition) is 2. The van der Waals surface area contributed by atoms with Crippen LogP contribution in [0.3, 0.4) is 0 Å². The van der Waals surface area contributed by atoms with E-state index < -0.39 is 6.17 Å². The van der Waals surface area contributed by atoms with E-state index in [1.165, 1.54) is 44.7 Å². The van der Waals surface area contributed by atoms with Gasteiger partial charge in [-0.05, 0) is 12.2 Å². The minimum absolute atomic E-state index is 0.444. The predicted octanol–water partition coefficient (Wildman–Crippen LogP) is 2.88. The van der Waals surface area contributed by atoms with Crippen LogP contribution in [0.15, 0.2) is 24.4 Å². The zero-order valence-corrected chi connectivity index (χ0v) is 8.53. The highest BCUT2D eigenvalue weighted by atomic mass is 19.2. The van der Waals surface area contributed by atoms with Crippen molar-refractivity contribution in [3.8, 4) is 0 Å². The van der Waals surface area contributed by atoms with Crippen LogP contribution in [0.25, 0.3) is 0 Å². The number of rotatable bonds is 0. The predicted molar refractivity (Wildman–Crippen MR) is 56.9 cm³/mol. The molecule has 1 aliphatic carbocycles. The third kappa shape index (κ3) is 4.42. The summed E-state index contributed by atoms with van der Waals surface area (Å²) in [6.45, 7) is 0. The van der Waals surface area contributed by atoms with Gasteiger partial charge in [0.05, 0.1) is 0 Å². The van der Waals surface area contributed by atoms with Gasteiger partial charge in [-0.25, -0.2) is 0 Å². The molecule has 0 amide bonds. The second-order valence-electron chi connectivity index (χ2n) is 3.68. The summed E-state index contributed by atoms with van der Waals surface area (Å²) in [7, 11) is 0. The van der Waals surface area contributed by atoms with E-state index in [1.54, 1.807) is 18.2 Å². The molecule has 1 aliphatic heterocycles. The Balaban J connectivity index is 0.000000146. The van der Waals surface area contributed by atoms with E-state index in [-0.39, 0.29) is 0 Å². The molecule has 0 saturated heterocycles. The second kappa shape index (κ2) is 6.60. The van der Waals surface area contributed by atoms with Crippen LogP contribution >= 0.6 is 0 Å². The molecule has 1 fully saturated rings. The number of halogens is 1. The monoisotopic (exact) mass is 198 g/mol. The first-order chi connectivity index (χ1) is 6.80. The van der Waals surface area contributed by atoms with E-state index in [2.05, 4.69) is 0 Å². The molecule has 80 valence electrons. The van der Waals surface area contributed by atoms with Crippen molar-refractivity contribution in [2.45, 2.75) is 44.7 Å². The maximum atomic E-state index is 12.1. The highest BCUT2D eigenvalue weighted by Crippen LogP contribution is 2.15. The Kier molecular flexibility index (Phi) is 5.30. The molecule has 0 aromatic heterocycles. The van der Waals surface area contributed by atoms with Crippen LogP contribution in [-0.4, -0.2) is 11.3 Å². The van der Waals surface area contributed by atoms with Gasteiger partial charge in [-0.1, -0.05) is 49.1 Å². The van der Waals surface area contributed by atoms with Crippen molar-refractivity contribution in [2.75, 3.05) is 0 Å². The van der Waals surface area contributed by atoms with Crippen molar-refractivity contribution in [2.24, 2.45) is 5.73 Å². The molecule has 1 unspecified atom stereocenters. The lowest BCUT2D eigenvalue weighted by Gasteiger charge is -2.15. The molecule has 2 aliphatic rings. The summed E-state index contributed by atoms with van der Waals surface area (Å²) in [6.07, 6.45) is 14.6. The molecule has 3 heteroatoms. The van der Waals surface area contributed by atoms with E-state index in [4.69, 9.17) is 5.73 Å². The zero-order valence-electron chi connectivity index (χ0n) is 8.53. The average molecular weight is 198 g/mol. The highest BCUT2D eigenvalue weighted by molar-refractivity contribution is 5.09. The van der Waals surface area contributed by atoms with Crippen molar-refractivity contribution in [1.29, 1.82) is 0 Å². The summed E-state index contributed by atoms with van der Waals surface area (Å²) in [5.41, 5.74) is 5.19. The largest absolute Gasteiger partial charge is 0.306 e. The molecule has 1 heterocycles. The van der Waals surface area contributed by atoms with Gasteiger partial charge in [0, 0.05) is 6.20 Å². The fraction of sp³-hybridized carbons (Fsp3) is 0.636. The SMILES string of the molecule is C1CCCCC1.NC1C=CC=CN1F. The van der Waals surface area contributed by atoms with E-state index in [0.717, 1.165) is 0 Å². The summed E-state index contributed by atoms with van der Waals surface area (Å²) in [5.74, 6) is 0. The topological polar surface area (TPSA) is 29.3 Å².